The second kappa shape index (κ2) is 4.71. The summed E-state index contributed by atoms with van der Waals surface area (Å²) >= 11 is 0. The molecule has 3 heteroatoms. The second-order valence-corrected chi connectivity index (χ2v) is 4.30. The predicted octanol–water partition coefficient (Wildman–Crippen LogP) is 3.40. The summed E-state index contributed by atoms with van der Waals surface area (Å²) in [5, 5.41) is 10.5. The Morgan fingerprint density at radius 1 is 1.05 bits per heavy atom. The molecule has 0 unspecified atom stereocenters. The van der Waals surface area contributed by atoms with Crippen molar-refractivity contribution in [1.82, 2.24) is 0 Å². The number of aliphatic hydroxyl groups excluding tert-OH is 1. The van der Waals surface area contributed by atoms with Gasteiger partial charge in [0.05, 0.1) is 6.61 Å². The lowest BCUT2D eigenvalue weighted by molar-refractivity contribution is 0.112. The summed E-state index contributed by atoms with van der Waals surface area (Å²) in [5.41, 5.74) is 2.99. The highest BCUT2D eigenvalue weighted by molar-refractivity contribution is 5.88. The minimum atomic E-state index is -0.0816. The smallest absolute Gasteiger partial charge is 0.150 e. The van der Waals surface area contributed by atoms with E-state index in [1.165, 1.54) is 0 Å². The van der Waals surface area contributed by atoms with Gasteiger partial charge in [-0.1, -0.05) is 42.5 Å². The van der Waals surface area contributed by atoms with Crippen LogP contribution in [0.1, 0.15) is 15.9 Å². The standard InChI is InChI=1S/C16H12O3/c17-9-11-5-7-12(8-6-11)16-14(10-18)13-3-1-2-4-15(13)19-16/h1-9,18H,10H2. The molecule has 0 saturated carbocycles. The molecule has 0 radical (unpaired) electrons. The Labute approximate surface area is 110 Å². The van der Waals surface area contributed by atoms with Crippen molar-refractivity contribution in [3.8, 4) is 11.3 Å². The number of hydrogen-bond acceptors (Lipinski definition) is 3. The summed E-state index contributed by atoms with van der Waals surface area (Å²) in [7, 11) is 0. The van der Waals surface area contributed by atoms with Crippen LogP contribution >= 0.6 is 0 Å². The minimum absolute atomic E-state index is 0.0816. The third-order valence-corrected chi connectivity index (χ3v) is 3.17. The lowest BCUT2D eigenvalue weighted by Crippen LogP contribution is -1.86. The lowest BCUT2D eigenvalue weighted by atomic mass is 10.0. The number of fused-ring (bicyclic) bond motifs is 1. The highest BCUT2D eigenvalue weighted by Crippen LogP contribution is 2.33. The summed E-state index contributed by atoms with van der Waals surface area (Å²) in [6.07, 6.45) is 0.801. The van der Waals surface area contributed by atoms with Gasteiger partial charge in [0, 0.05) is 22.1 Å². The van der Waals surface area contributed by atoms with Crippen molar-refractivity contribution in [3.05, 3.63) is 59.7 Å². The number of rotatable bonds is 3. The number of hydrogen-bond donors (Lipinski definition) is 1. The first-order chi connectivity index (χ1) is 9.33. The highest BCUT2D eigenvalue weighted by atomic mass is 16.3. The molecule has 0 atom stereocenters. The summed E-state index contributed by atoms with van der Waals surface area (Å²) in [5.74, 6) is 0.654. The molecule has 94 valence electrons. The zero-order valence-electron chi connectivity index (χ0n) is 10.2. The van der Waals surface area contributed by atoms with E-state index < -0.39 is 0 Å². The molecule has 1 N–H and O–H groups in total. The van der Waals surface area contributed by atoms with Gasteiger partial charge in [0.2, 0.25) is 0 Å². The first-order valence-corrected chi connectivity index (χ1v) is 6.00. The fourth-order valence-corrected chi connectivity index (χ4v) is 2.20. The van der Waals surface area contributed by atoms with E-state index >= 15 is 0 Å². The third kappa shape index (κ3) is 1.94. The number of para-hydroxylation sites is 1. The van der Waals surface area contributed by atoms with Crippen molar-refractivity contribution >= 4 is 17.3 Å². The molecule has 0 amide bonds. The number of benzene rings is 2. The van der Waals surface area contributed by atoms with E-state index in [4.69, 9.17) is 4.42 Å². The SMILES string of the molecule is O=Cc1ccc(-c2oc3ccccc3c2CO)cc1. The fourth-order valence-electron chi connectivity index (χ4n) is 2.20. The van der Waals surface area contributed by atoms with Crippen molar-refractivity contribution in [2.45, 2.75) is 6.61 Å². The van der Waals surface area contributed by atoms with Gasteiger partial charge in [0.1, 0.15) is 17.6 Å². The van der Waals surface area contributed by atoms with Gasteiger partial charge in [0.25, 0.3) is 0 Å². The summed E-state index contributed by atoms with van der Waals surface area (Å²) in [6, 6.07) is 14.7. The lowest BCUT2D eigenvalue weighted by Gasteiger charge is -2.00. The Balaban J connectivity index is 2.20. The van der Waals surface area contributed by atoms with Crippen LogP contribution in [0.2, 0.25) is 0 Å². The minimum Gasteiger partial charge on any atom is -0.456 e. The molecule has 0 fully saturated rings. The molecule has 0 aliphatic carbocycles. The van der Waals surface area contributed by atoms with E-state index in [0.717, 1.165) is 28.4 Å². The van der Waals surface area contributed by atoms with Crippen LogP contribution in [0.3, 0.4) is 0 Å². The summed E-state index contributed by atoms with van der Waals surface area (Å²) < 4.78 is 5.80. The quantitative estimate of drug-likeness (QED) is 0.727. The highest BCUT2D eigenvalue weighted by Gasteiger charge is 2.14. The van der Waals surface area contributed by atoms with Crippen LogP contribution < -0.4 is 0 Å². The van der Waals surface area contributed by atoms with Crippen molar-refractivity contribution in [2.24, 2.45) is 0 Å². The number of carbonyl (C=O) groups excluding carboxylic acids is 1. The van der Waals surface area contributed by atoms with E-state index in [2.05, 4.69) is 0 Å². The Morgan fingerprint density at radius 3 is 2.47 bits per heavy atom. The Bertz CT molecular complexity index is 723. The van der Waals surface area contributed by atoms with Gasteiger partial charge in [-0.3, -0.25) is 4.79 Å². The van der Waals surface area contributed by atoms with Gasteiger partial charge in [-0.15, -0.1) is 0 Å². The number of furan rings is 1. The monoisotopic (exact) mass is 252 g/mol. The van der Waals surface area contributed by atoms with Gasteiger partial charge in [-0.05, 0) is 6.07 Å². The van der Waals surface area contributed by atoms with Gasteiger partial charge >= 0.3 is 0 Å². The Morgan fingerprint density at radius 2 is 1.79 bits per heavy atom. The average Bonchev–Trinajstić information content (AvgIpc) is 2.85. The van der Waals surface area contributed by atoms with Crippen LogP contribution in [-0.2, 0) is 6.61 Å². The van der Waals surface area contributed by atoms with Crippen LogP contribution in [0.25, 0.3) is 22.3 Å². The summed E-state index contributed by atoms with van der Waals surface area (Å²) in [6.45, 7) is -0.0816. The maximum Gasteiger partial charge on any atom is 0.150 e. The topological polar surface area (TPSA) is 50.4 Å². The van der Waals surface area contributed by atoms with Crippen LogP contribution in [0.15, 0.2) is 52.9 Å². The molecule has 0 saturated heterocycles. The first-order valence-electron chi connectivity index (χ1n) is 6.00. The van der Waals surface area contributed by atoms with Crippen molar-refractivity contribution in [2.75, 3.05) is 0 Å². The van der Waals surface area contributed by atoms with Crippen LogP contribution in [0, 0.1) is 0 Å². The van der Waals surface area contributed by atoms with Crippen molar-refractivity contribution in [3.63, 3.8) is 0 Å². The fraction of sp³-hybridized carbons (Fsp3) is 0.0625. The zero-order chi connectivity index (χ0) is 13.2. The van der Waals surface area contributed by atoms with E-state index in [0.29, 0.717) is 11.3 Å². The molecule has 0 aliphatic heterocycles. The normalized spacial score (nSPS) is 10.8. The molecule has 1 aromatic heterocycles. The molecule has 3 aromatic rings. The first kappa shape index (κ1) is 11.7. The number of carbonyl (C=O) groups is 1. The number of aldehydes is 1. The average molecular weight is 252 g/mol. The molecular formula is C16H12O3. The Kier molecular flexibility index (Phi) is 2.89. The van der Waals surface area contributed by atoms with E-state index in [9.17, 15) is 9.90 Å². The molecule has 2 aromatic carbocycles. The molecule has 0 bridgehead atoms. The molecular weight excluding hydrogens is 240 g/mol. The second-order valence-electron chi connectivity index (χ2n) is 4.30. The van der Waals surface area contributed by atoms with Crippen LogP contribution in [-0.4, -0.2) is 11.4 Å². The predicted molar refractivity (Wildman–Crippen MR) is 73.0 cm³/mol. The Hall–Kier alpha value is -2.39. The molecule has 3 rings (SSSR count). The van der Waals surface area contributed by atoms with Gasteiger partial charge in [-0.2, -0.15) is 0 Å². The maximum atomic E-state index is 10.7. The molecule has 3 nitrogen and oxygen atoms in total. The van der Waals surface area contributed by atoms with Gasteiger partial charge in [-0.25, -0.2) is 0 Å². The molecule has 19 heavy (non-hydrogen) atoms. The molecule has 0 aliphatic rings. The van der Waals surface area contributed by atoms with E-state index in [1.54, 1.807) is 12.1 Å². The van der Waals surface area contributed by atoms with E-state index in [1.807, 2.05) is 36.4 Å². The van der Waals surface area contributed by atoms with E-state index in [-0.39, 0.29) is 6.61 Å². The van der Waals surface area contributed by atoms with Crippen LogP contribution in [0.4, 0.5) is 0 Å². The van der Waals surface area contributed by atoms with Crippen LogP contribution in [0.5, 0.6) is 0 Å². The molecule has 0 spiro atoms. The molecule has 1 heterocycles. The van der Waals surface area contributed by atoms with Gasteiger partial charge < -0.3 is 9.52 Å². The largest absolute Gasteiger partial charge is 0.456 e. The summed E-state index contributed by atoms with van der Waals surface area (Å²) in [4.78, 5) is 10.7. The maximum absolute atomic E-state index is 10.7. The number of aliphatic hydroxyl groups is 1. The van der Waals surface area contributed by atoms with Crippen molar-refractivity contribution < 1.29 is 14.3 Å². The zero-order valence-corrected chi connectivity index (χ0v) is 10.2. The third-order valence-electron chi connectivity index (χ3n) is 3.17. The van der Waals surface area contributed by atoms with Crippen molar-refractivity contribution in [1.29, 1.82) is 0 Å². The van der Waals surface area contributed by atoms with Gasteiger partial charge in [0.15, 0.2) is 0 Å².